The van der Waals surface area contributed by atoms with Crippen molar-refractivity contribution in [2.75, 3.05) is 18.9 Å². The minimum atomic E-state index is -0.687. The monoisotopic (exact) mass is 464 g/mol. The van der Waals surface area contributed by atoms with Gasteiger partial charge in [-0.25, -0.2) is 4.98 Å². The Hall–Kier alpha value is -3.10. The van der Waals surface area contributed by atoms with Crippen molar-refractivity contribution >= 4 is 28.4 Å². The van der Waals surface area contributed by atoms with Gasteiger partial charge in [0.25, 0.3) is 0 Å². The SMILES string of the molecule is Cc1c2oc3c(C)ccc(C(=O)[C@H]4CCCCO4)c3nc-2c(C(=O)[C@H]2CCCCO2)c(N)c1=O. The van der Waals surface area contributed by atoms with Crippen LogP contribution in [0.5, 0.6) is 0 Å². The second-order valence-corrected chi connectivity index (χ2v) is 9.18. The van der Waals surface area contributed by atoms with Gasteiger partial charge in [0, 0.05) is 24.3 Å². The number of hydrogen-bond acceptors (Lipinski definition) is 8. The van der Waals surface area contributed by atoms with E-state index in [2.05, 4.69) is 0 Å². The Balaban J connectivity index is 1.75. The average Bonchev–Trinajstić information content (AvgIpc) is 2.87. The van der Waals surface area contributed by atoms with E-state index in [4.69, 9.17) is 24.6 Å². The first-order valence-electron chi connectivity index (χ1n) is 11.9. The van der Waals surface area contributed by atoms with E-state index in [1.165, 1.54) is 0 Å². The van der Waals surface area contributed by atoms with Crippen LogP contribution >= 0.6 is 0 Å². The third-order valence-corrected chi connectivity index (χ3v) is 6.86. The molecule has 0 amide bonds. The van der Waals surface area contributed by atoms with Crippen LogP contribution in [-0.2, 0) is 9.47 Å². The second-order valence-electron chi connectivity index (χ2n) is 9.18. The lowest BCUT2D eigenvalue weighted by molar-refractivity contribution is 0.0187. The lowest BCUT2D eigenvalue weighted by atomic mass is 9.92. The van der Waals surface area contributed by atoms with E-state index in [1.807, 2.05) is 6.92 Å². The summed E-state index contributed by atoms with van der Waals surface area (Å²) in [7, 11) is 0. The molecule has 3 aliphatic heterocycles. The molecule has 0 bridgehead atoms. The summed E-state index contributed by atoms with van der Waals surface area (Å²) in [6.07, 6.45) is 3.56. The molecule has 1 aromatic rings. The van der Waals surface area contributed by atoms with Gasteiger partial charge in [-0.2, -0.15) is 0 Å². The van der Waals surface area contributed by atoms with Gasteiger partial charge in [0.15, 0.2) is 22.9 Å². The molecule has 2 atom stereocenters. The Kier molecular flexibility index (Phi) is 5.95. The predicted molar refractivity (Wildman–Crippen MR) is 127 cm³/mol. The largest absolute Gasteiger partial charge is 0.452 e. The maximum absolute atomic E-state index is 13.5. The number of carbonyl (C=O) groups is 2. The van der Waals surface area contributed by atoms with Crippen LogP contribution in [0.15, 0.2) is 21.3 Å². The Morgan fingerprint density at radius 3 is 2.24 bits per heavy atom. The van der Waals surface area contributed by atoms with Crippen LogP contribution in [0.3, 0.4) is 0 Å². The van der Waals surface area contributed by atoms with Crippen molar-refractivity contribution in [2.45, 2.75) is 64.6 Å². The highest BCUT2D eigenvalue weighted by Crippen LogP contribution is 2.36. The van der Waals surface area contributed by atoms with Crippen molar-refractivity contribution in [1.82, 2.24) is 4.98 Å². The molecule has 34 heavy (non-hydrogen) atoms. The normalized spacial score (nSPS) is 21.1. The van der Waals surface area contributed by atoms with Gasteiger partial charge in [0.1, 0.15) is 23.4 Å². The number of carbonyl (C=O) groups excluding carboxylic acids is 2. The van der Waals surface area contributed by atoms with Gasteiger partial charge in [0.05, 0.1) is 11.3 Å². The molecular formula is C26H28N2O6. The fourth-order valence-corrected chi connectivity index (χ4v) is 4.87. The van der Waals surface area contributed by atoms with E-state index in [9.17, 15) is 14.4 Å². The molecule has 0 unspecified atom stereocenters. The summed E-state index contributed by atoms with van der Waals surface area (Å²) in [4.78, 5) is 44.5. The molecule has 5 rings (SSSR count). The Bertz CT molecular complexity index is 1320. The molecular weight excluding hydrogens is 436 g/mol. The number of benzene rings is 2. The fourth-order valence-electron chi connectivity index (χ4n) is 4.87. The highest BCUT2D eigenvalue weighted by molar-refractivity contribution is 6.11. The van der Waals surface area contributed by atoms with E-state index in [0.29, 0.717) is 42.7 Å². The summed E-state index contributed by atoms with van der Waals surface area (Å²) in [5.74, 6) is -0.342. The predicted octanol–water partition coefficient (Wildman–Crippen LogP) is 4.00. The third kappa shape index (κ3) is 3.71. The number of aryl methyl sites for hydroxylation is 1. The average molecular weight is 465 g/mol. The van der Waals surface area contributed by atoms with Gasteiger partial charge in [-0.15, -0.1) is 0 Å². The van der Waals surface area contributed by atoms with Crippen molar-refractivity contribution in [3.05, 3.63) is 44.6 Å². The highest BCUT2D eigenvalue weighted by Gasteiger charge is 2.34. The lowest BCUT2D eigenvalue weighted by Crippen LogP contribution is -2.31. The minimum Gasteiger partial charge on any atom is -0.452 e. The maximum atomic E-state index is 13.5. The van der Waals surface area contributed by atoms with Gasteiger partial charge < -0.3 is 19.6 Å². The van der Waals surface area contributed by atoms with Crippen molar-refractivity contribution in [3.8, 4) is 11.5 Å². The molecule has 1 aliphatic carbocycles. The van der Waals surface area contributed by atoms with E-state index < -0.39 is 17.6 Å². The van der Waals surface area contributed by atoms with Gasteiger partial charge in [0.2, 0.25) is 5.43 Å². The number of nitrogen functional groups attached to an aromatic ring is 1. The molecule has 4 aliphatic rings. The number of Topliss-reactive ketones (excluding diaryl/α,β-unsaturated/α-hetero) is 2. The zero-order chi connectivity index (χ0) is 24.0. The molecule has 8 heteroatoms. The molecule has 0 spiro atoms. The standard InChI is InChI=1S/C26H28N2O6/c1-13-9-10-15(23(30)16-7-3-5-11-32-16)20-25(13)34-26-14(2)22(29)19(27)18(21(26)28-20)24(31)17-8-4-6-12-33-17/h9-10,16-17H,3-8,11-12,27H2,1-2H3/t16-,17-/m1/s1. The fraction of sp³-hybridized carbons (Fsp3) is 0.462. The van der Waals surface area contributed by atoms with E-state index >= 15 is 0 Å². The number of anilines is 1. The summed E-state index contributed by atoms with van der Waals surface area (Å²) in [5.41, 5.74) is 7.90. The quantitative estimate of drug-likeness (QED) is 0.349. The summed E-state index contributed by atoms with van der Waals surface area (Å²) in [5, 5.41) is 0. The van der Waals surface area contributed by atoms with E-state index in [0.717, 1.165) is 31.2 Å². The second kappa shape index (κ2) is 8.92. The Morgan fingerprint density at radius 1 is 0.971 bits per heavy atom. The van der Waals surface area contributed by atoms with Crippen LogP contribution in [0.4, 0.5) is 5.69 Å². The number of nitrogens with zero attached hydrogens (tertiary/aromatic N) is 1. The first-order chi connectivity index (χ1) is 16.4. The number of rotatable bonds is 4. The lowest BCUT2D eigenvalue weighted by Gasteiger charge is -2.24. The number of nitrogens with two attached hydrogens (primary N) is 1. The minimum absolute atomic E-state index is 0.0111. The van der Waals surface area contributed by atoms with Crippen LogP contribution in [-0.4, -0.2) is 42.0 Å². The number of ketones is 2. The Morgan fingerprint density at radius 2 is 1.62 bits per heavy atom. The molecule has 2 saturated heterocycles. The van der Waals surface area contributed by atoms with E-state index in [1.54, 1.807) is 19.1 Å². The molecule has 8 nitrogen and oxygen atoms in total. The number of aromatic nitrogens is 1. The third-order valence-electron chi connectivity index (χ3n) is 6.86. The van der Waals surface area contributed by atoms with Crippen LogP contribution < -0.4 is 11.2 Å². The zero-order valence-electron chi connectivity index (χ0n) is 19.4. The van der Waals surface area contributed by atoms with Gasteiger partial charge in [-0.05, 0) is 64.0 Å². The Labute approximate surface area is 196 Å². The van der Waals surface area contributed by atoms with Crippen molar-refractivity contribution in [2.24, 2.45) is 0 Å². The first kappa shape index (κ1) is 22.7. The van der Waals surface area contributed by atoms with Gasteiger partial charge in [-0.3, -0.25) is 14.4 Å². The van der Waals surface area contributed by atoms with Crippen LogP contribution in [0, 0.1) is 13.8 Å². The molecule has 2 N–H and O–H groups in total. The number of fused-ring (bicyclic) bond motifs is 2. The van der Waals surface area contributed by atoms with Gasteiger partial charge in [-0.1, -0.05) is 6.07 Å². The molecule has 178 valence electrons. The molecule has 0 aromatic heterocycles. The van der Waals surface area contributed by atoms with Gasteiger partial charge >= 0.3 is 0 Å². The van der Waals surface area contributed by atoms with Crippen molar-refractivity contribution in [3.63, 3.8) is 0 Å². The number of ether oxygens (including phenoxy) is 2. The smallest absolute Gasteiger partial charge is 0.208 e. The molecule has 0 saturated carbocycles. The van der Waals surface area contributed by atoms with Crippen molar-refractivity contribution < 1.29 is 23.5 Å². The highest BCUT2D eigenvalue weighted by atomic mass is 16.5. The molecule has 2 fully saturated rings. The molecule has 0 radical (unpaired) electrons. The van der Waals surface area contributed by atoms with E-state index in [-0.39, 0.29) is 39.8 Å². The number of hydrogen-bond donors (Lipinski definition) is 1. The summed E-state index contributed by atoms with van der Waals surface area (Å²) in [6, 6.07) is 3.51. The molecule has 1 aromatic carbocycles. The topological polar surface area (TPSA) is 122 Å². The maximum Gasteiger partial charge on any atom is 0.208 e. The molecule has 3 heterocycles. The van der Waals surface area contributed by atoms with Crippen LogP contribution in [0.1, 0.15) is 70.4 Å². The summed E-state index contributed by atoms with van der Waals surface area (Å²) < 4.78 is 17.6. The summed E-state index contributed by atoms with van der Waals surface area (Å²) in [6.45, 7) is 4.47. The van der Waals surface area contributed by atoms with Crippen LogP contribution in [0.25, 0.3) is 22.6 Å². The van der Waals surface area contributed by atoms with Crippen molar-refractivity contribution in [1.29, 1.82) is 0 Å². The first-order valence-corrected chi connectivity index (χ1v) is 11.9. The summed E-state index contributed by atoms with van der Waals surface area (Å²) >= 11 is 0. The zero-order valence-corrected chi connectivity index (χ0v) is 19.4. The van der Waals surface area contributed by atoms with Crippen LogP contribution in [0.2, 0.25) is 0 Å².